The van der Waals surface area contributed by atoms with Gasteiger partial charge in [-0.05, 0) is 13.0 Å². The number of benzene rings is 1. The monoisotopic (exact) mass is 136 g/mol. The highest BCUT2D eigenvalue weighted by atomic mass is 16.3. The van der Waals surface area contributed by atoms with Crippen LogP contribution in [0.4, 0.5) is 5.69 Å². The molecule has 0 atom stereocenters. The summed E-state index contributed by atoms with van der Waals surface area (Å²) in [4.78, 5) is 10.9. The number of hydrogen-bond donors (Lipinski definition) is 1. The van der Waals surface area contributed by atoms with E-state index in [-0.39, 0.29) is 0 Å². The second-order valence-electron chi connectivity index (χ2n) is 2.04. The smallest absolute Gasteiger partial charge is 0.159 e. The van der Waals surface area contributed by atoms with Crippen LogP contribution in [0, 0.1) is 17.9 Å². The largest absolute Gasteiger partial charge is 0.295 e. The van der Waals surface area contributed by atoms with Gasteiger partial charge in [-0.15, -0.1) is 0 Å². The topological polar surface area (TPSA) is 46.1 Å². The van der Waals surface area contributed by atoms with E-state index in [1.807, 2.05) is 6.92 Å². The molecular formula is C7H8N2O+. The molecule has 51 valence electrons. The van der Waals surface area contributed by atoms with E-state index in [9.17, 15) is 4.91 Å². The summed E-state index contributed by atoms with van der Waals surface area (Å²) in [5.74, 6) is 4.97. The lowest BCUT2D eigenvalue weighted by atomic mass is 10.2. The highest BCUT2D eigenvalue weighted by Crippen LogP contribution is 2.12. The molecule has 3 heteroatoms. The van der Waals surface area contributed by atoms with Gasteiger partial charge in [-0.1, -0.05) is 12.1 Å². The molecule has 0 unspecified atom stereocenters. The normalized spacial score (nSPS) is 9.30. The minimum atomic E-state index is 0.339. The second kappa shape index (κ2) is 2.47. The zero-order valence-electron chi connectivity index (χ0n) is 5.66. The number of nitrogens with two attached hydrogens (primary N) is 1. The fourth-order valence-corrected chi connectivity index (χ4v) is 0.737. The van der Waals surface area contributed by atoms with Crippen molar-refractivity contribution in [3.63, 3.8) is 0 Å². The van der Waals surface area contributed by atoms with Gasteiger partial charge in [-0.25, -0.2) is 0 Å². The lowest BCUT2D eigenvalue weighted by molar-refractivity contribution is -0.475. The van der Waals surface area contributed by atoms with Crippen molar-refractivity contribution in [2.75, 3.05) is 0 Å². The Morgan fingerprint density at radius 1 is 1.70 bits per heavy atom. The van der Waals surface area contributed by atoms with E-state index in [0.717, 1.165) is 5.56 Å². The molecule has 0 aliphatic heterocycles. The average Bonchev–Trinajstić information content (AvgIpc) is 1.88. The number of rotatable bonds is 1. The first-order valence-corrected chi connectivity index (χ1v) is 2.90. The predicted molar refractivity (Wildman–Crippen MR) is 37.5 cm³/mol. The molecule has 0 saturated heterocycles. The Morgan fingerprint density at radius 2 is 2.40 bits per heavy atom. The summed E-state index contributed by atoms with van der Waals surface area (Å²) in [5.41, 5.74) is 1.32. The standard InChI is InChI=1S/C7H8N2O/c1-6-4-2-3-5-7(6)9(8)10/h2,4-5H,1H3,(H2,8,10)/q+1. The molecule has 1 rings (SSSR count). The summed E-state index contributed by atoms with van der Waals surface area (Å²) in [7, 11) is 0. The summed E-state index contributed by atoms with van der Waals surface area (Å²) in [5, 5.41) is 0. The van der Waals surface area contributed by atoms with Gasteiger partial charge < -0.3 is 0 Å². The van der Waals surface area contributed by atoms with Crippen molar-refractivity contribution in [1.82, 2.24) is 0 Å². The van der Waals surface area contributed by atoms with Gasteiger partial charge in [-0.3, -0.25) is 0 Å². The van der Waals surface area contributed by atoms with Gasteiger partial charge in [-0.2, -0.15) is 5.84 Å². The molecule has 0 aromatic heterocycles. The summed E-state index contributed by atoms with van der Waals surface area (Å²) in [6, 6.07) is 7.84. The average molecular weight is 136 g/mol. The van der Waals surface area contributed by atoms with E-state index < -0.39 is 0 Å². The van der Waals surface area contributed by atoms with E-state index in [1.54, 1.807) is 18.2 Å². The third-order valence-electron chi connectivity index (χ3n) is 1.29. The number of hydrazine groups is 1. The Bertz CT molecular complexity index is 258. The van der Waals surface area contributed by atoms with E-state index in [4.69, 9.17) is 5.84 Å². The number of nitrogens with zero attached hydrogens (tertiary/aromatic N) is 1. The molecule has 0 bridgehead atoms. The molecule has 0 saturated carbocycles. The number of aryl methyl sites for hydroxylation is 1. The van der Waals surface area contributed by atoms with Crippen molar-refractivity contribution in [3.05, 3.63) is 34.7 Å². The predicted octanol–water partition coefficient (Wildman–Crippen LogP) is 1.08. The van der Waals surface area contributed by atoms with Crippen molar-refractivity contribution in [2.24, 2.45) is 5.84 Å². The molecule has 0 fully saturated rings. The molecule has 0 amide bonds. The molecule has 10 heavy (non-hydrogen) atoms. The molecule has 1 radical (unpaired) electrons. The maximum atomic E-state index is 10.5. The van der Waals surface area contributed by atoms with Crippen LogP contribution in [0.25, 0.3) is 0 Å². The third kappa shape index (κ3) is 1.13. The highest BCUT2D eigenvalue weighted by Gasteiger charge is 2.09. The molecule has 3 nitrogen and oxygen atoms in total. The van der Waals surface area contributed by atoms with Gasteiger partial charge in [0.25, 0.3) is 5.69 Å². The lowest BCUT2D eigenvalue weighted by Crippen LogP contribution is -2.09. The van der Waals surface area contributed by atoms with Gasteiger partial charge >= 0.3 is 0 Å². The van der Waals surface area contributed by atoms with Crippen LogP contribution in [-0.4, -0.2) is 4.87 Å². The number of nitroso groups, excluding NO2 is 1. The molecule has 1 aromatic carbocycles. The Morgan fingerprint density at radius 3 is 2.80 bits per heavy atom. The molecule has 2 N–H and O–H groups in total. The maximum Gasteiger partial charge on any atom is 0.295 e. The van der Waals surface area contributed by atoms with Crippen LogP contribution >= 0.6 is 0 Å². The quantitative estimate of drug-likeness (QED) is 0.356. The first-order valence-electron chi connectivity index (χ1n) is 2.90. The zero-order chi connectivity index (χ0) is 7.56. The Labute approximate surface area is 59.0 Å². The first kappa shape index (κ1) is 6.74. The third-order valence-corrected chi connectivity index (χ3v) is 1.29. The fraction of sp³-hybridized carbons (Fsp3) is 0.143. The van der Waals surface area contributed by atoms with Gasteiger partial charge in [0.2, 0.25) is 0 Å². The Kier molecular flexibility index (Phi) is 1.67. The molecule has 0 spiro atoms. The molecule has 0 aliphatic carbocycles. The van der Waals surface area contributed by atoms with Crippen LogP contribution in [0.2, 0.25) is 0 Å². The first-order chi connectivity index (χ1) is 4.72. The van der Waals surface area contributed by atoms with Crippen LogP contribution in [0.1, 0.15) is 5.56 Å². The minimum Gasteiger partial charge on any atom is -0.159 e. The minimum absolute atomic E-state index is 0.339. The maximum absolute atomic E-state index is 10.5. The van der Waals surface area contributed by atoms with E-state index in [1.165, 1.54) is 0 Å². The van der Waals surface area contributed by atoms with E-state index in [0.29, 0.717) is 10.6 Å². The van der Waals surface area contributed by atoms with Crippen LogP contribution in [0.5, 0.6) is 0 Å². The van der Waals surface area contributed by atoms with Gasteiger partial charge in [0, 0.05) is 11.6 Å². The molecule has 0 aliphatic rings. The SMILES string of the molecule is Cc1cc[c]cc1[N+](N)=O. The van der Waals surface area contributed by atoms with Crippen molar-refractivity contribution in [2.45, 2.75) is 6.92 Å². The summed E-state index contributed by atoms with van der Waals surface area (Å²) in [6.07, 6.45) is 0. The zero-order valence-corrected chi connectivity index (χ0v) is 5.66. The van der Waals surface area contributed by atoms with Crippen molar-refractivity contribution < 1.29 is 4.87 Å². The second-order valence-corrected chi connectivity index (χ2v) is 2.04. The van der Waals surface area contributed by atoms with Crippen molar-refractivity contribution in [3.8, 4) is 0 Å². The molecule has 0 heterocycles. The summed E-state index contributed by atoms with van der Waals surface area (Å²) >= 11 is 0. The number of hydrogen-bond acceptors (Lipinski definition) is 1. The van der Waals surface area contributed by atoms with Crippen molar-refractivity contribution >= 4 is 5.69 Å². The van der Waals surface area contributed by atoms with Crippen LogP contribution < -0.4 is 5.84 Å². The Hall–Kier alpha value is -1.38. The molecule has 1 aromatic rings. The fourth-order valence-electron chi connectivity index (χ4n) is 0.737. The van der Waals surface area contributed by atoms with Crippen LogP contribution in [-0.2, 0) is 0 Å². The van der Waals surface area contributed by atoms with Crippen LogP contribution in [0.3, 0.4) is 0 Å². The van der Waals surface area contributed by atoms with Gasteiger partial charge in [0.1, 0.15) is 0 Å². The van der Waals surface area contributed by atoms with Gasteiger partial charge in [0.05, 0.1) is 4.91 Å². The van der Waals surface area contributed by atoms with Crippen molar-refractivity contribution in [1.29, 1.82) is 0 Å². The summed E-state index contributed by atoms with van der Waals surface area (Å²) in [6.45, 7) is 1.82. The highest BCUT2D eigenvalue weighted by molar-refractivity contribution is 5.37. The van der Waals surface area contributed by atoms with Crippen LogP contribution in [0.15, 0.2) is 18.2 Å². The molecular weight excluding hydrogens is 128 g/mol. The summed E-state index contributed by atoms with van der Waals surface area (Å²) < 4.78 is 0. The lowest BCUT2D eigenvalue weighted by Gasteiger charge is -1.88. The van der Waals surface area contributed by atoms with E-state index >= 15 is 0 Å². The van der Waals surface area contributed by atoms with Gasteiger partial charge in [0.15, 0.2) is 4.87 Å². The Balaban J connectivity index is 3.15. The van der Waals surface area contributed by atoms with E-state index in [2.05, 4.69) is 6.07 Å².